The molecule has 1 aromatic carbocycles. The van der Waals surface area contributed by atoms with Crippen LogP contribution in [0.1, 0.15) is 18.2 Å². The summed E-state index contributed by atoms with van der Waals surface area (Å²) >= 11 is 0. The first-order valence-corrected chi connectivity index (χ1v) is 6.28. The van der Waals surface area contributed by atoms with Gasteiger partial charge in [0.2, 0.25) is 0 Å². The van der Waals surface area contributed by atoms with Gasteiger partial charge in [-0.3, -0.25) is 0 Å². The molecule has 6 nitrogen and oxygen atoms in total. The first-order valence-electron chi connectivity index (χ1n) is 6.28. The van der Waals surface area contributed by atoms with E-state index in [0.717, 1.165) is 23.6 Å². The number of hydrogen-bond acceptors (Lipinski definition) is 5. The minimum absolute atomic E-state index is 0.0807. The maximum Gasteiger partial charge on any atom is 0.170 e. The normalized spacial score (nSPS) is 11.4. The Labute approximate surface area is 117 Å². The quantitative estimate of drug-likeness (QED) is 0.384. The van der Waals surface area contributed by atoms with Gasteiger partial charge in [0.05, 0.1) is 0 Å². The number of rotatable bonds is 4. The smallest absolute Gasteiger partial charge is 0.170 e. The fourth-order valence-corrected chi connectivity index (χ4v) is 1.83. The number of nitrogens with two attached hydrogens (primary N) is 1. The molecule has 1 heterocycles. The molecule has 0 amide bonds. The zero-order valence-electron chi connectivity index (χ0n) is 11.5. The molecule has 6 heteroatoms. The standard InChI is InChI=1S/C14H17N5O/c1-3-11-8-13(17-9-16-11)19(2)12-6-4-5-10(7-12)14(15)18-20/h4-9,20H,3H2,1-2H3,(H2,15,18). The molecule has 1 aromatic heterocycles. The van der Waals surface area contributed by atoms with Crippen molar-refractivity contribution in [1.82, 2.24) is 9.97 Å². The molecule has 0 aliphatic rings. The van der Waals surface area contributed by atoms with Gasteiger partial charge >= 0.3 is 0 Å². The van der Waals surface area contributed by atoms with Crippen molar-refractivity contribution in [2.75, 3.05) is 11.9 Å². The number of anilines is 2. The van der Waals surface area contributed by atoms with E-state index in [4.69, 9.17) is 10.9 Å². The number of nitrogens with zero attached hydrogens (tertiary/aromatic N) is 4. The van der Waals surface area contributed by atoms with Gasteiger partial charge in [-0.2, -0.15) is 0 Å². The van der Waals surface area contributed by atoms with Crippen LogP contribution in [0.5, 0.6) is 0 Å². The first-order chi connectivity index (χ1) is 9.65. The third-order valence-corrected chi connectivity index (χ3v) is 3.05. The predicted molar refractivity (Wildman–Crippen MR) is 78.4 cm³/mol. The van der Waals surface area contributed by atoms with Gasteiger partial charge < -0.3 is 15.8 Å². The summed E-state index contributed by atoms with van der Waals surface area (Å²) in [6.45, 7) is 2.05. The summed E-state index contributed by atoms with van der Waals surface area (Å²) in [7, 11) is 1.91. The third-order valence-electron chi connectivity index (χ3n) is 3.05. The summed E-state index contributed by atoms with van der Waals surface area (Å²) in [4.78, 5) is 10.4. The average molecular weight is 271 g/mol. The van der Waals surface area contributed by atoms with Gasteiger partial charge in [0, 0.05) is 30.1 Å². The molecule has 0 unspecified atom stereocenters. The second-order valence-corrected chi connectivity index (χ2v) is 4.32. The van der Waals surface area contributed by atoms with Crippen molar-refractivity contribution < 1.29 is 5.21 Å². The molecule has 0 atom stereocenters. The molecule has 0 spiro atoms. The Balaban J connectivity index is 2.35. The lowest BCUT2D eigenvalue weighted by Gasteiger charge is -2.19. The van der Waals surface area contributed by atoms with Crippen LogP contribution in [0, 0.1) is 0 Å². The highest BCUT2D eigenvalue weighted by Gasteiger charge is 2.08. The summed E-state index contributed by atoms with van der Waals surface area (Å²) in [6, 6.07) is 9.34. The van der Waals surface area contributed by atoms with Crippen molar-refractivity contribution in [2.24, 2.45) is 10.9 Å². The molecule has 0 radical (unpaired) electrons. The van der Waals surface area contributed by atoms with E-state index in [1.165, 1.54) is 0 Å². The minimum atomic E-state index is 0.0807. The van der Waals surface area contributed by atoms with Crippen molar-refractivity contribution >= 4 is 17.3 Å². The van der Waals surface area contributed by atoms with Crippen molar-refractivity contribution in [3.8, 4) is 0 Å². The maximum atomic E-state index is 8.73. The minimum Gasteiger partial charge on any atom is -0.409 e. The van der Waals surface area contributed by atoms with E-state index in [0.29, 0.717) is 5.56 Å². The van der Waals surface area contributed by atoms with Gasteiger partial charge in [-0.1, -0.05) is 24.2 Å². The van der Waals surface area contributed by atoms with Crippen LogP contribution in [0.4, 0.5) is 11.5 Å². The summed E-state index contributed by atoms with van der Waals surface area (Å²) < 4.78 is 0. The van der Waals surface area contributed by atoms with Crippen LogP contribution in [0.25, 0.3) is 0 Å². The maximum absolute atomic E-state index is 8.73. The van der Waals surface area contributed by atoms with E-state index in [1.807, 2.05) is 43.1 Å². The summed E-state index contributed by atoms with van der Waals surface area (Å²) in [6.07, 6.45) is 2.41. The summed E-state index contributed by atoms with van der Waals surface area (Å²) in [5.41, 5.74) is 8.14. The largest absolute Gasteiger partial charge is 0.409 e. The summed E-state index contributed by atoms with van der Waals surface area (Å²) in [5.74, 6) is 0.880. The lowest BCUT2D eigenvalue weighted by molar-refractivity contribution is 0.318. The van der Waals surface area contributed by atoms with E-state index < -0.39 is 0 Å². The molecular weight excluding hydrogens is 254 g/mol. The van der Waals surface area contributed by atoms with E-state index in [-0.39, 0.29) is 5.84 Å². The fraction of sp³-hybridized carbons (Fsp3) is 0.214. The average Bonchev–Trinajstić information content (AvgIpc) is 2.53. The molecule has 3 N–H and O–H groups in total. The second kappa shape index (κ2) is 6.01. The Morgan fingerprint density at radius 1 is 1.35 bits per heavy atom. The van der Waals surface area contributed by atoms with Crippen molar-refractivity contribution in [3.05, 3.63) is 47.9 Å². The van der Waals surface area contributed by atoms with E-state index in [2.05, 4.69) is 15.1 Å². The number of hydrogen-bond donors (Lipinski definition) is 2. The molecule has 0 saturated carbocycles. The molecule has 0 aliphatic heterocycles. The van der Waals surface area contributed by atoms with Crippen molar-refractivity contribution in [2.45, 2.75) is 13.3 Å². The molecule has 0 fully saturated rings. The molecule has 2 aromatic rings. The van der Waals surface area contributed by atoms with E-state index >= 15 is 0 Å². The topological polar surface area (TPSA) is 87.6 Å². The molecule has 2 rings (SSSR count). The SMILES string of the molecule is CCc1cc(N(C)c2cccc(C(N)=NO)c2)ncn1. The Bertz CT molecular complexity index is 626. The number of aryl methyl sites for hydroxylation is 1. The van der Waals surface area contributed by atoms with Crippen LogP contribution in [0.3, 0.4) is 0 Å². The first kappa shape index (κ1) is 13.8. The predicted octanol–water partition coefficient (Wildman–Crippen LogP) is 1.90. The van der Waals surface area contributed by atoms with Crippen LogP contribution in [0.15, 0.2) is 41.8 Å². The monoisotopic (exact) mass is 271 g/mol. The fourth-order valence-electron chi connectivity index (χ4n) is 1.83. The van der Waals surface area contributed by atoms with Crippen molar-refractivity contribution in [1.29, 1.82) is 0 Å². The van der Waals surface area contributed by atoms with Gasteiger partial charge in [-0.05, 0) is 18.6 Å². The number of benzene rings is 1. The lowest BCUT2D eigenvalue weighted by Crippen LogP contribution is -2.16. The molecule has 0 bridgehead atoms. The van der Waals surface area contributed by atoms with Gasteiger partial charge in [0.25, 0.3) is 0 Å². The Morgan fingerprint density at radius 2 is 2.15 bits per heavy atom. The Kier molecular flexibility index (Phi) is 4.14. The third kappa shape index (κ3) is 2.85. The van der Waals surface area contributed by atoms with Gasteiger partial charge in [-0.15, -0.1) is 0 Å². The van der Waals surface area contributed by atoms with Crippen LogP contribution in [0.2, 0.25) is 0 Å². The van der Waals surface area contributed by atoms with Crippen LogP contribution in [-0.2, 0) is 6.42 Å². The molecular formula is C14H17N5O. The lowest BCUT2D eigenvalue weighted by atomic mass is 10.1. The zero-order valence-corrected chi connectivity index (χ0v) is 11.5. The number of aromatic nitrogens is 2. The highest BCUT2D eigenvalue weighted by atomic mass is 16.4. The van der Waals surface area contributed by atoms with Crippen LogP contribution < -0.4 is 10.6 Å². The van der Waals surface area contributed by atoms with Gasteiger partial charge in [0.1, 0.15) is 12.1 Å². The number of oxime groups is 1. The molecule has 0 saturated heterocycles. The zero-order chi connectivity index (χ0) is 14.5. The Morgan fingerprint density at radius 3 is 2.85 bits per heavy atom. The van der Waals surface area contributed by atoms with Crippen molar-refractivity contribution in [3.63, 3.8) is 0 Å². The second-order valence-electron chi connectivity index (χ2n) is 4.32. The molecule has 104 valence electrons. The highest BCUT2D eigenvalue weighted by Crippen LogP contribution is 2.22. The number of amidine groups is 1. The van der Waals surface area contributed by atoms with Crippen LogP contribution >= 0.6 is 0 Å². The molecule has 0 aliphatic carbocycles. The molecule has 20 heavy (non-hydrogen) atoms. The van der Waals surface area contributed by atoms with Gasteiger partial charge in [0.15, 0.2) is 5.84 Å². The van der Waals surface area contributed by atoms with E-state index in [1.54, 1.807) is 12.4 Å². The Hall–Kier alpha value is -2.63. The summed E-state index contributed by atoms with van der Waals surface area (Å²) in [5, 5.41) is 11.7. The van der Waals surface area contributed by atoms with Crippen LogP contribution in [-0.4, -0.2) is 28.1 Å². The van der Waals surface area contributed by atoms with E-state index in [9.17, 15) is 0 Å². The van der Waals surface area contributed by atoms with Gasteiger partial charge in [-0.25, -0.2) is 9.97 Å². The highest BCUT2D eigenvalue weighted by molar-refractivity contribution is 5.97.